The Hall–Kier alpha value is -6.11. The monoisotopic (exact) mass is 869 g/mol. The summed E-state index contributed by atoms with van der Waals surface area (Å²) in [6.07, 6.45) is 3.48. The van der Waals surface area contributed by atoms with Gasteiger partial charge in [-0.25, -0.2) is 4.98 Å². The number of rotatable bonds is 12. The highest BCUT2D eigenvalue weighted by molar-refractivity contribution is 6.33. The average Bonchev–Trinajstić information content (AvgIpc) is 3.48. The fraction of sp³-hybridized carbons (Fsp3) is 0.442. The number of fused-ring (bicyclic) bond motifs is 2. The van der Waals surface area contributed by atoms with Crippen molar-refractivity contribution in [2.24, 2.45) is 0 Å². The third-order valence-electron chi connectivity index (χ3n) is 11.5. The fourth-order valence-electron chi connectivity index (χ4n) is 8.54. The number of benzene rings is 2. The number of likely N-dealkylation sites (tertiary alicyclic amines) is 1. The number of ether oxygens (including phenoxy) is 3. The molecule has 4 aliphatic heterocycles. The Kier molecular flexibility index (Phi) is 12.2. The first-order chi connectivity index (χ1) is 29.8. The molecule has 0 spiro atoms. The number of carbonyl (C=O) groups excluding carboxylic acids is 5. The van der Waals surface area contributed by atoms with Crippen molar-refractivity contribution in [3.05, 3.63) is 75.2 Å². The van der Waals surface area contributed by atoms with Crippen LogP contribution in [0.25, 0.3) is 10.9 Å². The maximum atomic E-state index is 13.4. The minimum atomic E-state index is -1.04. The second-order valence-corrected chi connectivity index (χ2v) is 16.7. The number of anilines is 3. The maximum absolute atomic E-state index is 13.4. The first-order valence-electron chi connectivity index (χ1n) is 20.7. The first-order valence-corrected chi connectivity index (χ1v) is 21.1. The predicted octanol–water partition coefficient (Wildman–Crippen LogP) is 3.43. The Labute approximate surface area is 361 Å². The van der Waals surface area contributed by atoms with Crippen molar-refractivity contribution in [3.8, 4) is 11.5 Å². The zero-order chi connectivity index (χ0) is 43.8. The van der Waals surface area contributed by atoms with Gasteiger partial charge in [0.25, 0.3) is 23.3 Å². The molecule has 8 rings (SSSR count). The van der Waals surface area contributed by atoms with Crippen molar-refractivity contribution < 1.29 is 38.2 Å². The van der Waals surface area contributed by atoms with E-state index in [-0.39, 0.29) is 72.1 Å². The van der Waals surface area contributed by atoms with Crippen LogP contribution < -0.4 is 35.9 Å². The summed E-state index contributed by atoms with van der Waals surface area (Å²) < 4.78 is 20.3. The van der Waals surface area contributed by atoms with E-state index < -0.39 is 29.7 Å². The van der Waals surface area contributed by atoms with Gasteiger partial charge in [-0.3, -0.25) is 39.0 Å². The molecule has 62 heavy (non-hydrogen) atoms. The van der Waals surface area contributed by atoms with Crippen LogP contribution in [0, 0.1) is 0 Å². The standard InChI is InChI=1S/C43H48ClN9O9/c1-23(2)52-33-8-5-25(15-24(33)16-35(42(52)59)60-22-37(55)45-3)47-38-32(44)19-46-43(49-38)51-13-11-26(12-14-51)61-28-17-29(21-50(4)20-28)62-27-6-7-30-31(18-27)41(58)53(40(30)57)34-9-10-36(54)48-39(34)56/h5-8,15-16,18-19,23,26,28-29,34H,9-14,17,20-22H2,1-4H3,(H,45,55)(H,46,47,49)(H,48,54,56)/t28-,29+,34?/m0/s1. The summed E-state index contributed by atoms with van der Waals surface area (Å²) in [6, 6.07) is 10.8. The fourth-order valence-corrected chi connectivity index (χ4v) is 8.68. The third-order valence-corrected chi connectivity index (χ3v) is 11.8. The van der Waals surface area contributed by atoms with Gasteiger partial charge < -0.3 is 39.2 Å². The number of hydrogen-bond donors (Lipinski definition) is 3. The predicted molar refractivity (Wildman–Crippen MR) is 228 cm³/mol. The zero-order valence-electron chi connectivity index (χ0n) is 34.8. The molecule has 3 saturated heterocycles. The average molecular weight is 870 g/mol. The lowest BCUT2D eigenvalue weighted by atomic mass is 10.0. The Balaban J connectivity index is 0.876. The van der Waals surface area contributed by atoms with Crippen molar-refractivity contribution in [1.29, 1.82) is 0 Å². The van der Waals surface area contributed by atoms with E-state index in [2.05, 4.69) is 30.7 Å². The molecule has 0 saturated carbocycles. The van der Waals surface area contributed by atoms with Gasteiger partial charge in [0.05, 0.1) is 35.0 Å². The van der Waals surface area contributed by atoms with Crippen LogP contribution in [0.3, 0.4) is 0 Å². The molecule has 3 fully saturated rings. The van der Waals surface area contributed by atoms with Crippen molar-refractivity contribution in [2.45, 2.75) is 76.3 Å². The molecule has 2 aromatic carbocycles. The lowest BCUT2D eigenvalue weighted by Gasteiger charge is -2.39. The van der Waals surface area contributed by atoms with E-state index in [4.69, 9.17) is 30.8 Å². The van der Waals surface area contributed by atoms with Crippen LogP contribution in [0.2, 0.25) is 5.02 Å². The Morgan fingerprint density at radius 2 is 1.71 bits per heavy atom. The van der Waals surface area contributed by atoms with Gasteiger partial charge in [0, 0.05) is 63.2 Å². The van der Waals surface area contributed by atoms with Gasteiger partial charge in [-0.1, -0.05) is 11.6 Å². The molecule has 3 atom stereocenters. The van der Waals surface area contributed by atoms with Gasteiger partial charge in [-0.05, 0) is 82.6 Å². The molecular formula is C43H48ClN9O9. The Morgan fingerprint density at radius 3 is 2.45 bits per heavy atom. The molecule has 3 N–H and O–H groups in total. The van der Waals surface area contributed by atoms with Crippen molar-refractivity contribution in [3.63, 3.8) is 0 Å². The molecule has 0 aliphatic carbocycles. The van der Waals surface area contributed by atoms with E-state index in [1.807, 2.05) is 39.1 Å². The summed E-state index contributed by atoms with van der Waals surface area (Å²) >= 11 is 6.59. The summed E-state index contributed by atoms with van der Waals surface area (Å²) in [4.78, 5) is 90.2. The highest BCUT2D eigenvalue weighted by atomic mass is 35.5. The van der Waals surface area contributed by atoms with E-state index in [0.29, 0.717) is 59.8 Å². The molecule has 6 heterocycles. The number of piperidine rings is 3. The minimum absolute atomic E-state index is 0.00116. The largest absolute Gasteiger partial charge is 0.489 e. The molecule has 4 aliphatic rings. The van der Waals surface area contributed by atoms with Crippen LogP contribution in [0.5, 0.6) is 11.5 Å². The van der Waals surface area contributed by atoms with Gasteiger partial charge in [0.15, 0.2) is 18.2 Å². The summed E-state index contributed by atoms with van der Waals surface area (Å²) in [6.45, 7) is 6.22. The quantitative estimate of drug-likeness (QED) is 0.175. The van der Waals surface area contributed by atoms with E-state index in [9.17, 15) is 28.8 Å². The molecule has 18 nitrogen and oxygen atoms in total. The van der Waals surface area contributed by atoms with Gasteiger partial charge in [0.2, 0.25) is 17.8 Å². The molecule has 19 heteroatoms. The minimum Gasteiger partial charge on any atom is -0.489 e. The van der Waals surface area contributed by atoms with Gasteiger partial charge in [0.1, 0.15) is 22.9 Å². The van der Waals surface area contributed by atoms with Crippen molar-refractivity contribution >= 4 is 69.5 Å². The van der Waals surface area contributed by atoms with E-state index in [0.717, 1.165) is 29.7 Å². The summed E-state index contributed by atoms with van der Waals surface area (Å²) in [7, 11) is 3.51. The number of halogens is 1. The van der Waals surface area contributed by atoms with Crippen molar-refractivity contribution in [1.82, 2.24) is 35.0 Å². The molecule has 0 radical (unpaired) electrons. The van der Waals surface area contributed by atoms with E-state index in [1.54, 1.807) is 35.0 Å². The SMILES string of the molecule is CNC(=O)COc1cc2cc(Nc3nc(N4CCC(O[C@H]5C[C@@H](Oc6ccc7c(c6)C(=O)N(C6CCC(=O)NC6=O)C7=O)CN(C)C5)CC4)ncc3Cl)ccc2n(C(C)C)c1=O. The third kappa shape index (κ3) is 8.80. The topological polar surface area (TPSA) is 207 Å². The van der Waals surface area contributed by atoms with Crippen LogP contribution in [0.15, 0.2) is 53.5 Å². The lowest BCUT2D eigenvalue weighted by molar-refractivity contribution is -0.136. The van der Waals surface area contributed by atoms with Crippen LogP contribution in [0.1, 0.15) is 72.7 Å². The Morgan fingerprint density at radius 1 is 0.952 bits per heavy atom. The number of carbonyl (C=O) groups is 5. The second kappa shape index (κ2) is 17.7. The van der Waals surface area contributed by atoms with Crippen LogP contribution >= 0.6 is 11.6 Å². The Bertz CT molecular complexity index is 2510. The van der Waals surface area contributed by atoms with Crippen LogP contribution in [-0.2, 0) is 19.1 Å². The highest BCUT2D eigenvalue weighted by Gasteiger charge is 2.45. The van der Waals surface area contributed by atoms with Crippen molar-refractivity contribution in [2.75, 3.05) is 57.1 Å². The molecule has 1 unspecified atom stereocenters. The van der Waals surface area contributed by atoms with Gasteiger partial charge >= 0.3 is 0 Å². The molecular weight excluding hydrogens is 822 g/mol. The number of likely N-dealkylation sites (N-methyl/N-ethyl adjacent to an activating group) is 2. The van der Waals surface area contributed by atoms with E-state index in [1.165, 1.54) is 7.05 Å². The maximum Gasteiger partial charge on any atom is 0.293 e. The number of nitrogens with one attached hydrogen (secondary N) is 3. The van der Waals surface area contributed by atoms with Gasteiger partial charge in [-0.15, -0.1) is 0 Å². The number of amides is 5. The molecule has 5 amide bonds. The summed E-state index contributed by atoms with van der Waals surface area (Å²) in [5.41, 5.74) is 1.43. The molecule has 2 aromatic heterocycles. The van der Waals surface area contributed by atoms with Crippen LogP contribution in [0.4, 0.5) is 17.5 Å². The lowest BCUT2D eigenvalue weighted by Crippen LogP contribution is -2.54. The number of pyridine rings is 1. The number of nitrogens with zero attached hydrogens (tertiary/aromatic N) is 6. The number of aromatic nitrogens is 3. The normalized spacial score (nSPS) is 21.0. The molecule has 4 aromatic rings. The number of imide groups is 2. The number of hydrogen-bond acceptors (Lipinski definition) is 14. The summed E-state index contributed by atoms with van der Waals surface area (Å²) in [5.74, 6) is -1.12. The second-order valence-electron chi connectivity index (χ2n) is 16.3. The highest BCUT2D eigenvalue weighted by Crippen LogP contribution is 2.33. The summed E-state index contributed by atoms with van der Waals surface area (Å²) in [5, 5.41) is 9.08. The first kappa shape index (κ1) is 42.6. The van der Waals surface area contributed by atoms with Crippen LogP contribution in [-0.4, -0.2) is 125 Å². The zero-order valence-corrected chi connectivity index (χ0v) is 35.6. The molecule has 326 valence electrons. The smallest absolute Gasteiger partial charge is 0.293 e. The van der Waals surface area contributed by atoms with E-state index >= 15 is 0 Å². The van der Waals surface area contributed by atoms with Gasteiger partial charge in [-0.2, -0.15) is 4.98 Å². The molecule has 0 bridgehead atoms.